The van der Waals surface area contributed by atoms with Crippen molar-refractivity contribution in [2.45, 2.75) is 0 Å². The molecule has 54 heavy (non-hydrogen) atoms. The molecule has 0 aliphatic heterocycles. The second kappa shape index (κ2) is 12.1. The van der Waals surface area contributed by atoms with E-state index in [4.69, 9.17) is 8.83 Å². The minimum Gasteiger partial charge on any atom is -0.455 e. The zero-order chi connectivity index (χ0) is 35.6. The molecule has 11 aromatic rings. The molecule has 0 saturated carbocycles. The molecule has 4 nitrogen and oxygen atoms in total. The Bertz CT molecular complexity index is 3070. The molecular weight excluding hydrogens is 661 g/mol. The largest absolute Gasteiger partial charge is 0.455 e. The maximum atomic E-state index is 6.90. The first-order valence-electron chi connectivity index (χ1n) is 18.3. The van der Waals surface area contributed by atoms with Gasteiger partial charge in [0.1, 0.15) is 22.3 Å². The lowest BCUT2D eigenvalue weighted by Gasteiger charge is -2.25. The molecule has 0 aliphatic carbocycles. The van der Waals surface area contributed by atoms with Crippen LogP contribution in [0, 0.1) is 0 Å². The van der Waals surface area contributed by atoms with Gasteiger partial charge in [-0.2, -0.15) is 0 Å². The molecule has 0 amide bonds. The molecule has 0 unspecified atom stereocenters. The summed E-state index contributed by atoms with van der Waals surface area (Å²) >= 11 is 0. The van der Waals surface area contributed by atoms with E-state index in [-0.39, 0.29) is 0 Å². The number of fused-ring (bicyclic) bond motifs is 11. The lowest BCUT2D eigenvalue weighted by molar-refractivity contribution is 0.666. The second-order valence-corrected chi connectivity index (χ2v) is 13.7. The molecule has 0 spiro atoms. The molecule has 11 rings (SSSR count). The number of nitrogens with zero attached hydrogens (tertiary/aromatic N) is 2. The van der Waals surface area contributed by atoms with Gasteiger partial charge < -0.3 is 18.6 Å². The van der Waals surface area contributed by atoms with Crippen molar-refractivity contribution >= 4 is 99.5 Å². The first-order chi connectivity index (χ1) is 26.8. The van der Waals surface area contributed by atoms with E-state index in [9.17, 15) is 0 Å². The Hall–Kier alpha value is -7.30. The molecule has 4 heteroatoms. The van der Waals surface area contributed by atoms with Crippen LogP contribution < -0.4 is 9.80 Å². The van der Waals surface area contributed by atoms with Crippen molar-refractivity contribution in [3.8, 4) is 0 Å². The zero-order valence-electron chi connectivity index (χ0n) is 29.2. The molecule has 0 radical (unpaired) electrons. The maximum Gasteiger partial charge on any atom is 0.147 e. The molecule has 0 saturated heterocycles. The molecule has 0 bridgehead atoms. The van der Waals surface area contributed by atoms with Crippen molar-refractivity contribution in [3.05, 3.63) is 194 Å². The normalized spacial score (nSPS) is 11.7. The highest BCUT2D eigenvalue weighted by molar-refractivity contribution is 6.27. The minimum absolute atomic E-state index is 0.816. The minimum atomic E-state index is 0.816. The average molecular weight is 693 g/mol. The van der Waals surface area contributed by atoms with Crippen molar-refractivity contribution in [2.75, 3.05) is 9.80 Å². The van der Waals surface area contributed by atoms with E-state index in [1.165, 1.54) is 0 Å². The summed E-state index contributed by atoms with van der Waals surface area (Å²) in [5.41, 5.74) is 10.0. The highest BCUT2D eigenvalue weighted by atomic mass is 16.3. The first-order valence-corrected chi connectivity index (χ1v) is 18.3. The Labute approximate surface area is 311 Å². The number of anilines is 6. The summed E-state index contributed by atoms with van der Waals surface area (Å²) in [6.45, 7) is 0. The van der Waals surface area contributed by atoms with Crippen LogP contribution in [0.25, 0.3) is 65.4 Å². The van der Waals surface area contributed by atoms with Gasteiger partial charge in [0.25, 0.3) is 0 Å². The molecule has 0 aliphatic rings. The number of hydrogen-bond acceptors (Lipinski definition) is 4. The van der Waals surface area contributed by atoms with Crippen molar-refractivity contribution in [2.24, 2.45) is 0 Å². The molecule has 0 fully saturated rings. The predicted molar refractivity (Wildman–Crippen MR) is 225 cm³/mol. The molecule has 0 atom stereocenters. The van der Waals surface area contributed by atoms with Gasteiger partial charge >= 0.3 is 0 Å². The third kappa shape index (κ3) is 4.78. The van der Waals surface area contributed by atoms with E-state index in [2.05, 4.69) is 204 Å². The summed E-state index contributed by atoms with van der Waals surface area (Å²) < 4.78 is 13.6. The summed E-state index contributed by atoms with van der Waals surface area (Å²) in [4.78, 5) is 4.58. The number of para-hydroxylation sites is 4. The molecule has 2 aromatic heterocycles. The van der Waals surface area contributed by atoms with Crippen LogP contribution in [0.4, 0.5) is 34.1 Å². The van der Waals surface area contributed by atoms with Gasteiger partial charge in [0.05, 0.1) is 5.39 Å². The van der Waals surface area contributed by atoms with Crippen molar-refractivity contribution in [3.63, 3.8) is 0 Å². The van der Waals surface area contributed by atoms with E-state index >= 15 is 0 Å². The third-order valence-electron chi connectivity index (χ3n) is 10.6. The van der Waals surface area contributed by atoms with Gasteiger partial charge in [-0.1, -0.05) is 84.9 Å². The monoisotopic (exact) mass is 692 g/mol. The fraction of sp³-hybridized carbons (Fsp3) is 0. The van der Waals surface area contributed by atoms with Crippen molar-refractivity contribution in [1.82, 2.24) is 0 Å². The highest BCUT2D eigenvalue weighted by Gasteiger charge is 2.21. The average Bonchev–Trinajstić information content (AvgIpc) is 3.82. The number of rotatable bonds is 6. The maximum absolute atomic E-state index is 6.90. The summed E-state index contributed by atoms with van der Waals surface area (Å²) in [5, 5.41) is 8.60. The van der Waals surface area contributed by atoms with Crippen molar-refractivity contribution in [1.29, 1.82) is 0 Å². The molecule has 0 N–H and O–H groups in total. The molecule has 9 aromatic carbocycles. The zero-order valence-corrected chi connectivity index (χ0v) is 29.2. The van der Waals surface area contributed by atoms with Crippen molar-refractivity contribution < 1.29 is 8.83 Å². The number of hydrogen-bond donors (Lipinski definition) is 0. The molecular formula is C50H32N2O2. The van der Waals surface area contributed by atoms with Crippen LogP contribution in [0.5, 0.6) is 0 Å². The summed E-state index contributed by atoms with van der Waals surface area (Å²) in [6, 6.07) is 68.2. The molecule has 254 valence electrons. The van der Waals surface area contributed by atoms with Gasteiger partial charge in [0.15, 0.2) is 0 Å². The van der Waals surface area contributed by atoms with Crippen LogP contribution in [0.1, 0.15) is 0 Å². The Morgan fingerprint density at radius 2 is 0.667 bits per heavy atom. The van der Waals surface area contributed by atoms with E-state index in [1.807, 2.05) is 0 Å². The highest BCUT2D eigenvalue weighted by Crippen LogP contribution is 2.45. The van der Waals surface area contributed by atoms with E-state index in [0.29, 0.717) is 0 Å². The van der Waals surface area contributed by atoms with E-state index < -0.39 is 0 Å². The quantitative estimate of drug-likeness (QED) is 0.174. The number of benzene rings is 9. The van der Waals surface area contributed by atoms with Gasteiger partial charge in [-0.05, 0) is 120 Å². The van der Waals surface area contributed by atoms with Gasteiger partial charge in [-0.15, -0.1) is 0 Å². The van der Waals surface area contributed by atoms with E-state index in [1.54, 1.807) is 0 Å². The van der Waals surface area contributed by atoms with Crippen LogP contribution >= 0.6 is 0 Å². The number of furan rings is 2. The predicted octanol–water partition coefficient (Wildman–Crippen LogP) is 14.7. The Morgan fingerprint density at radius 1 is 0.278 bits per heavy atom. The SMILES string of the molecule is c1ccc(N(c2ccccc2)c2ccc3c(ccc4c5ccc6oc7c8ccc(N(c9ccccc9)c9ccccc9)cc8ccc7c6c5oc34)c2)cc1. The van der Waals surface area contributed by atoms with Crippen LogP contribution in [0.2, 0.25) is 0 Å². The van der Waals surface area contributed by atoms with E-state index in [0.717, 1.165) is 99.5 Å². The van der Waals surface area contributed by atoms with Crippen LogP contribution in [0.15, 0.2) is 203 Å². The first kappa shape index (κ1) is 30.3. The van der Waals surface area contributed by atoms with Gasteiger partial charge in [0.2, 0.25) is 0 Å². The summed E-state index contributed by atoms with van der Waals surface area (Å²) in [6.07, 6.45) is 0. The van der Waals surface area contributed by atoms with Gasteiger partial charge in [-0.3, -0.25) is 0 Å². The van der Waals surface area contributed by atoms with Gasteiger partial charge in [0, 0.05) is 61.1 Å². The summed E-state index contributed by atoms with van der Waals surface area (Å²) in [5.74, 6) is 0. The topological polar surface area (TPSA) is 32.8 Å². The fourth-order valence-corrected chi connectivity index (χ4v) is 8.12. The second-order valence-electron chi connectivity index (χ2n) is 13.7. The molecule has 2 heterocycles. The lowest BCUT2D eigenvalue weighted by Crippen LogP contribution is -2.09. The van der Waals surface area contributed by atoms with Crippen LogP contribution in [0.3, 0.4) is 0 Å². The third-order valence-corrected chi connectivity index (χ3v) is 10.6. The Morgan fingerprint density at radius 3 is 1.15 bits per heavy atom. The Kier molecular flexibility index (Phi) is 6.82. The standard InChI is InChI=1S/C50H32N2O2/c1-5-13-35(14-6-1)51(36-15-7-2-8-16-36)39-23-27-41-33(31-39)21-25-43-44-29-30-46-47(50(44)54-48(41)43)45-26-22-34-32-40(24-28-42(34)49(45)53-46)52(37-17-9-3-10-18-37)38-19-11-4-12-20-38/h1-32H. The lowest BCUT2D eigenvalue weighted by atomic mass is 10.0. The Balaban J connectivity index is 1.05. The van der Waals surface area contributed by atoms with Crippen LogP contribution in [-0.4, -0.2) is 0 Å². The smallest absolute Gasteiger partial charge is 0.147 e. The fourth-order valence-electron chi connectivity index (χ4n) is 8.12. The van der Waals surface area contributed by atoms with Gasteiger partial charge in [-0.25, -0.2) is 0 Å². The van der Waals surface area contributed by atoms with Crippen LogP contribution in [-0.2, 0) is 0 Å². The summed E-state index contributed by atoms with van der Waals surface area (Å²) in [7, 11) is 0.